The molecule has 1 saturated heterocycles. The molecule has 94 valence electrons. The van der Waals surface area contributed by atoms with E-state index in [1.165, 1.54) is 12.8 Å². The monoisotopic (exact) mass is 253 g/mol. The minimum Gasteiger partial charge on any atom is -0.384 e. The summed E-state index contributed by atoms with van der Waals surface area (Å²) < 4.78 is 5.58. The van der Waals surface area contributed by atoms with Crippen LogP contribution in [0.3, 0.4) is 0 Å². The summed E-state index contributed by atoms with van der Waals surface area (Å²) in [6.07, 6.45) is 5.22. The maximum atomic E-state index is 5.68. The molecule has 5 heteroatoms. The van der Waals surface area contributed by atoms with Gasteiger partial charge >= 0.3 is 0 Å². The molecule has 0 aromatic carbocycles. The molecule has 0 aliphatic carbocycles. The van der Waals surface area contributed by atoms with Gasteiger partial charge in [-0.05, 0) is 32.6 Å². The molecule has 0 amide bonds. The second-order valence-electron chi connectivity index (χ2n) is 4.34. The van der Waals surface area contributed by atoms with Crippen LogP contribution in [0.4, 0.5) is 5.82 Å². The van der Waals surface area contributed by atoms with Crippen LogP contribution in [0.2, 0.25) is 0 Å². The Bertz CT molecular complexity index is 347. The second-order valence-corrected chi connectivity index (χ2v) is 5.40. The van der Waals surface area contributed by atoms with E-state index in [1.54, 1.807) is 17.8 Å². The number of aryl methyl sites for hydroxylation is 1. The molecule has 2 N–H and O–H groups in total. The molecular formula is C12H19N3OS. The minimum atomic E-state index is 0.485. The summed E-state index contributed by atoms with van der Waals surface area (Å²) in [5.41, 5.74) is 6.61. The zero-order valence-electron chi connectivity index (χ0n) is 10.2. The van der Waals surface area contributed by atoms with Crippen LogP contribution in [0.1, 0.15) is 31.4 Å². The average molecular weight is 253 g/mol. The van der Waals surface area contributed by atoms with Crippen molar-refractivity contribution in [3.63, 3.8) is 0 Å². The third-order valence-electron chi connectivity index (χ3n) is 2.78. The van der Waals surface area contributed by atoms with Crippen molar-refractivity contribution in [2.75, 3.05) is 18.1 Å². The van der Waals surface area contributed by atoms with Crippen molar-refractivity contribution in [3.05, 3.63) is 11.8 Å². The van der Waals surface area contributed by atoms with Crippen LogP contribution >= 0.6 is 11.8 Å². The SMILES string of the molecule is Cc1cc(N)nc(SCCCC2CCCO2)n1. The first-order valence-corrected chi connectivity index (χ1v) is 7.08. The van der Waals surface area contributed by atoms with Crippen LogP contribution in [0.5, 0.6) is 0 Å². The standard InChI is InChI=1S/C12H19N3OS/c1-9-8-11(13)15-12(14-9)17-7-3-5-10-4-2-6-16-10/h8,10H,2-7H2,1H3,(H2,13,14,15). The van der Waals surface area contributed by atoms with E-state index in [0.717, 1.165) is 36.1 Å². The van der Waals surface area contributed by atoms with E-state index in [2.05, 4.69) is 9.97 Å². The molecular weight excluding hydrogens is 234 g/mol. The normalized spacial score (nSPS) is 19.7. The predicted octanol–water partition coefficient (Wildman–Crippen LogP) is 2.42. The highest BCUT2D eigenvalue weighted by Crippen LogP contribution is 2.21. The van der Waals surface area contributed by atoms with Gasteiger partial charge in [0, 0.05) is 24.1 Å². The van der Waals surface area contributed by atoms with Crippen molar-refractivity contribution >= 4 is 17.6 Å². The molecule has 2 rings (SSSR count). The number of nitrogens with two attached hydrogens (primary N) is 1. The number of nitrogen functional groups attached to an aromatic ring is 1. The fourth-order valence-electron chi connectivity index (χ4n) is 1.98. The number of thioether (sulfide) groups is 1. The van der Waals surface area contributed by atoms with Crippen LogP contribution < -0.4 is 5.73 Å². The molecule has 2 heterocycles. The number of hydrogen-bond donors (Lipinski definition) is 1. The topological polar surface area (TPSA) is 61.0 Å². The fourth-order valence-corrected chi connectivity index (χ4v) is 2.85. The van der Waals surface area contributed by atoms with Crippen LogP contribution in [0, 0.1) is 6.92 Å². The molecule has 0 bridgehead atoms. The third-order valence-corrected chi connectivity index (χ3v) is 3.71. The number of rotatable bonds is 5. The third kappa shape index (κ3) is 4.16. The zero-order valence-corrected chi connectivity index (χ0v) is 11.0. The lowest BCUT2D eigenvalue weighted by atomic mass is 10.1. The Balaban J connectivity index is 1.70. The largest absolute Gasteiger partial charge is 0.384 e. The number of ether oxygens (including phenoxy) is 1. The molecule has 0 radical (unpaired) electrons. The predicted molar refractivity (Wildman–Crippen MR) is 70.1 cm³/mol. The van der Waals surface area contributed by atoms with Gasteiger partial charge in [-0.2, -0.15) is 0 Å². The number of aromatic nitrogens is 2. The molecule has 1 unspecified atom stereocenters. The molecule has 0 spiro atoms. The van der Waals surface area contributed by atoms with Crippen LogP contribution in [0.25, 0.3) is 0 Å². The maximum Gasteiger partial charge on any atom is 0.189 e. The van der Waals surface area contributed by atoms with Crippen molar-refractivity contribution in [3.8, 4) is 0 Å². The second kappa shape index (κ2) is 6.21. The molecule has 4 nitrogen and oxygen atoms in total. The summed E-state index contributed by atoms with van der Waals surface area (Å²) in [4.78, 5) is 8.55. The number of anilines is 1. The average Bonchev–Trinajstić information content (AvgIpc) is 2.76. The molecule has 1 atom stereocenters. The van der Waals surface area contributed by atoms with E-state index in [4.69, 9.17) is 10.5 Å². The van der Waals surface area contributed by atoms with E-state index in [9.17, 15) is 0 Å². The van der Waals surface area contributed by atoms with Crippen LogP contribution in [-0.2, 0) is 4.74 Å². The first-order valence-electron chi connectivity index (χ1n) is 6.09. The first-order chi connectivity index (χ1) is 8.24. The zero-order chi connectivity index (χ0) is 12.1. The van der Waals surface area contributed by atoms with Crippen molar-refractivity contribution in [2.24, 2.45) is 0 Å². The summed E-state index contributed by atoms with van der Waals surface area (Å²) in [5, 5.41) is 0.787. The van der Waals surface area contributed by atoms with Crippen molar-refractivity contribution in [2.45, 2.75) is 43.9 Å². The Morgan fingerprint density at radius 3 is 3.12 bits per heavy atom. The van der Waals surface area contributed by atoms with Gasteiger partial charge in [-0.25, -0.2) is 9.97 Å². The smallest absolute Gasteiger partial charge is 0.189 e. The highest BCUT2D eigenvalue weighted by molar-refractivity contribution is 7.99. The maximum absolute atomic E-state index is 5.68. The summed E-state index contributed by atoms with van der Waals surface area (Å²) in [6.45, 7) is 2.88. The number of nitrogens with zero attached hydrogens (tertiary/aromatic N) is 2. The lowest BCUT2D eigenvalue weighted by molar-refractivity contribution is 0.104. The quantitative estimate of drug-likeness (QED) is 0.496. The first kappa shape index (κ1) is 12.6. The van der Waals surface area contributed by atoms with E-state index in [1.807, 2.05) is 6.92 Å². The fraction of sp³-hybridized carbons (Fsp3) is 0.667. The Hall–Kier alpha value is -0.810. The lowest BCUT2D eigenvalue weighted by Gasteiger charge is -2.08. The summed E-state index contributed by atoms with van der Waals surface area (Å²) in [6, 6.07) is 1.79. The van der Waals surface area contributed by atoms with Gasteiger partial charge in [0.2, 0.25) is 0 Å². The minimum absolute atomic E-state index is 0.485. The van der Waals surface area contributed by atoms with Crippen molar-refractivity contribution < 1.29 is 4.74 Å². The Labute approximate surface area is 106 Å². The van der Waals surface area contributed by atoms with Crippen molar-refractivity contribution in [1.82, 2.24) is 9.97 Å². The van der Waals surface area contributed by atoms with Gasteiger partial charge in [0.05, 0.1) is 6.10 Å². The van der Waals surface area contributed by atoms with Gasteiger partial charge in [0.15, 0.2) is 5.16 Å². The lowest BCUT2D eigenvalue weighted by Crippen LogP contribution is -2.04. The van der Waals surface area contributed by atoms with Crippen LogP contribution in [-0.4, -0.2) is 28.4 Å². The summed E-state index contributed by atoms with van der Waals surface area (Å²) in [5.74, 6) is 1.59. The molecule has 1 aliphatic heterocycles. The van der Waals surface area contributed by atoms with Crippen LogP contribution in [0.15, 0.2) is 11.2 Å². The molecule has 0 saturated carbocycles. The van der Waals surface area contributed by atoms with Gasteiger partial charge in [0.25, 0.3) is 0 Å². The van der Waals surface area contributed by atoms with Crippen molar-refractivity contribution in [1.29, 1.82) is 0 Å². The number of hydrogen-bond acceptors (Lipinski definition) is 5. The molecule has 17 heavy (non-hydrogen) atoms. The van der Waals surface area contributed by atoms with Gasteiger partial charge in [-0.3, -0.25) is 0 Å². The molecule has 1 aliphatic rings. The highest BCUT2D eigenvalue weighted by atomic mass is 32.2. The Morgan fingerprint density at radius 2 is 2.41 bits per heavy atom. The van der Waals surface area contributed by atoms with E-state index < -0.39 is 0 Å². The van der Waals surface area contributed by atoms with Gasteiger partial charge in [-0.15, -0.1) is 0 Å². The molecule has 1 aromatic heterocycles. The molecule has 1 aromatic rings. The highest BCUT2D eigenvalue weighted by Gasteiger charge is 2.14. The summed E-state index contributed by atoms with van der Waals surface area (Å²) >= 11 is 1.67. The van der Waals surface area contributed by atoms with E-state index in [0.29, 0.717) is 11.9 Å². The summed E-state index contributed by atoms with van der Waals surface area (Å²) in [7, 11) is 0. The van der Waals surface area contributed by atoms with E-state index >= 15 is 0 Å². The Morgan fingerprint density at radius 1 is 1.53 bits per heavy atom. The van der Waals surface area contributed by atoms with E-state index in [-0.39, 0.29) is 0 Å². The van der Waals surface area contributed by atoms with Gasteiger partial charge in [-0.1, -0.05) is 11.8 Å². The Kier molecular flexibility index (Phi) is 4.62. The van der Waals surface area contributed by atoms with Gasteiger partial charge in [0.1, 0.15) is 5.82 Å². The molecule has 1 fully saturated rings. The van der Waals surface area contributed by atoms with Gasteiger partial charge < -0.3 is 10.5 Å².